The zero-order valence-electron chi connectivity index (χ0n) is 15.0. The summed E-state index contributed by atoms with van der Waals surface area (Å²) in [5.74, 6) is -0.657. The minimum absolute atomic E-state index is 0.164. The van der Waals surface area contributed by atoms with Crippen molar-refractivity contribution in [2.75, 3.05) is 10.6 Å². The van der Waals surface area contributed by atoms with Crippen LogP contribution in [0.2, 0.25) is 0 Å². The van der Waals surface area contributed by atoms with E-state index >= 15 is 0 Å². The first kappa shape index (κ1) is 18.5. The van der Waals surface area contributed by atoms with Gasteiger partial charge in [0.1, 0.15) is 6.54 Å². The number of rotatable bonds is 5. The van der Waals surface area contributed by atoms with Crippen LogP contribution in [0.5, 0.6) is 0 Å². The van der Waals surface area contributed by atoms with Crippen LogP contribution in [-0.2, 0) is 11.3 Å². The van der Waals surface area contributed by atoms with Crippen molar-refractivity contribution in [3.63, 3.8) is 0 Å². The number of nitrogens with zero attached hydrogens (tertiary/aromatic N) is 3. The van der Waals surface area contributed by atoms with Crippen LogP contribution in [0.25, 0.3) is 10.9 Å². The Balaban J connectivity index is 1.42. The van der Waals surface area contributed by atoms with E-state index in [9.17, 15) is 14.4 Å². The van der Waals surface area contributed by atoms with Gasteiger partial charge in [0.2, 0.25) is 5.91 Å². The number of hydrogen-bond acceptors (Lipinski definition) is 6. The maximum atomic E-state index is 12.5. The number of fused-ring (bicyclic) bond motifs is 1. The maximum absolute atomic E-state index is 12.5. The van der Waals surface area contributed by atoms with Crippen molar-refractivity contribution in [1.82, 2.24) is 14.5 Å². The number of para-hydroxylation sites is 1. The molecule has 0 unspecified atom stereocenters. The fourth-order valence-electron chi connectivity index (χ4n) is 2.73. The van der Waals surface area contributed by atoms with Crippen LogP contribution in [0.3, 0.4) is 0 Å². The Bertz CT molecular complexity index is 1230. The van der Waals surface area contributed by atoms with Gasteiger partial charge < -0.3 is 5.32 Å². The number of carbonyl (C=O) groups is 2. The molecular formula is C20H15N5O3S. The Kier molecular flexibility index (Phi) is 5.12. The van der Waals surface area contributed by atoms with Gasteiger partial charge in [-0.05, 0) is 36.4 Å². The molecule has 0 saturated heterocycles. The minimum Gasteiger partial charge on any atom is -0.325 e. The molecule has 29 heavy (non-hydrogen) atoms. The van der Waals surface area contributed by atoms with Gasteiger partial charge in [-0.15, -0.1) is 11.3 Å². The van der Waals surface area contributed by atoms with Crippen molar-refractivity contribution in [2.24, 2.45) is 0 Å². The van der Waals surface area contributed by atoms with Crippen LogP contribution in [0.1, 0.15) is 10.4 Å². The van der Waals surface area contributed by atoms with Crippen LogP contribution in [0.15, 0.2) is 71.2 Å². The van der Waals surface area contributed by atoms with Crippen molar-refractivity contribution in [1.29, 1.82) is 0 Å². The third kappa shape index (κ3) is 4.19. The lowest BCUT2D eigenvalue weighted by molar-refractivity contribution is -0.116. The van der Waals surface area contributed by atoms with Crippen LogP contribution >= 0.6 is 11.3 Å². The lowest BCUT2D eigenvalue weighted by Gasteiger charge is -2.09. The summed E-state index contributed by atoms with van der Waals surface area (Å²) in [6.07, 6.45) is 2.96. The highest BCUT2D eigenvalue weighted by molar-refractivity contribution is 7.13. The van der Waals surface area contributed by atoms with E-state index in [0.717, 1.165) is 0 Å². The highest BCUT2D eigenvalue weighted by Crippen LogP contribution is 2.14. The molecule has 4 aromatic rings. The highest BCUT2D eigenvalue weighted by atomic mass is 32.1. The summed E-state index contributed by atoms with van der Waals surface area (Å²) in [5, 5.41) is 8.14. The first-order valence-corrected chi connectivity index (χ1v) is 9.53. The Morgan fingerprint density at radius 1 is 1.00 bits per heavy atom. The third-order valence-corrected chi connectivity index (χ3v) is 4.82. The predicted molar refractivity (Wildman–Crippen MR) is 111 cm³/mol. The summed E-state index contributed by atoms with van der Waals surface area (Å²) in [5.41, 5.74) is 1.26. The molecule has 0 atom stereocenters. The molecule has 9 heteroatoms. The lowest BCUT2D eigenvalue weighted by atomic mass is 10.2. The second-order valence-corrected chi connectivity index (χ2v) is 7.01. The standard InChI is InChI=1S/C20H15N5O3S/c26-17(11-25-12-22-16-4-2-1-3-15(16)19(25)28)23-14-7-5-13(6-8-14)18(27)24-20-21-9-10-29-20/h1-10,12H,11H2,(H,23,26)(H,21,24,27). The quantitative estimate of drug-likeness (QED) is 0.531. The zero-order chi connectivity index (χ0) is 20.2. The smallest absolute Gasteiger partial charge is 0.261 e. The molecule has 0 fully saturated rings. The molecule has 0 aliphatic carbocycles. The van der Waals surface area contributed by atoms with Gasteiger partial charge in [-0.1, -0.05) is 12.1 Å². The average molecular weight is 405 g/mol. The third-order valence-electron chi connectivity index (χ3n) is 4.13. The van der Waals surface area contributed by atoms with Crippen LogP contribution in [-0.4, -0.2) is 26.3 Å². The molecule has 0 radical (unpaired) electrons. The minimum atomic E-state index is -0.371. The Labute approximate surface area is 168 Å². The summed E-state index contributed by atoms with van der Waals surface area (Å²) in [7, 11) is 0. The zero-order valence-corrected chi connectivity index (χ0v) is 15.8. The van der Waals surface area contributed by atoms with E-state index in [0.29, 0.717) is 27.3 Å². The van der Waals surface area contributed by atoms with Crippen molar-refractivity contribution in [3.05, 3.63) is 82.4 Å². The van der Waals surface area contributed by atoms with Gasteiger partial charge in [0.25, 0.3) is 11.5 Å². The van der Waals surface area contributed by atoms with Crippen molar-refractivity contribution in [2.45, 2.75) is 6.54 Å². The fraction of sp³-hybridized carbons (Fsp3) is 0.0500. The van der Waals surface area contributed by atoms with E-state index in [1.807, 2.05) is 0 Å². The van der Waals surface area contributed by atoms with E-state index in [2.05, 4.69) is 20.6 Å². The molecule has 8 nitrogen and oxygen atoms in total. The van der Waals surface area contributed by atoms with Crippen molar-refractivity contribution in [3.8, 4) is 0 Å². The van der Waals surface area contributed by atoms with Gasteiger partial charge in [-0.25, -0.2) is 9.97 Å². The summed E-state index contributed by atoms with van der Waals surface area (Å²) in [4.78, 5) is 45.1. The first-order chi connectivity index (χ1) is 14.1. The van der Waals surface area contributed by atoms with Crippen LogP contribution in [0.4, 0.5) is 10.8 Å². The normalized spacial score (nSPS) is 10.6. The molecule has 2 heterocycles. The van der Waals surface area contributed by atoms with Crippen molar-refractivity contribution < 1.29 is 9.59 Å². The van der Waals surface area contributed by atoms with Gasteiger partial charge in [0, 0.05) is 22.8 Å². The van der Waals surface area contributed by atoms with Gasteiger partial charge in [-0.3, -0.25) is 24.3 Å². The van der Waals surface area contributed by atoms with E-state index in [1.54, 1.807) is 60.1 Å². The summed E-state index contributed by atoms with van der Waals surface area (Å²) in [6.45, 7) is -0.164. The van der Waals surface area contributed by atoms with Crippen LogP contribution < -0.4 is 16.2 Å². The molecule has 2 N–H and O–H groups in total. The van der Waals surface area contributed by atoms with E-state index < -0.39 is 0 Å². The highest BCUT2D eigenvalue weighted by Gasteiger charge is 2.10. The molecule has 2 aromatic heterocycles. The topological polar surface area (TPSA) is 106 Å². The molecule has 0 saturated carbocycles. The summed E-state index contributed by atoms with van der Waals surface area (Å²) in [6, 6.07) is 13.4. The second-order valence-electron chi connectivity index (χ2n) is 6.11. The summed E-state index contributed by atoms with van der Waals surface area (Å²) < 4.78 is 1.26. The van der Waals surface area contributed by atoms with E-state index in [1.165, 1.54) is 22.2 Å². The number of anilines is 2. The summed E-state index contributed by atoms with van der Waals surface area (Å²) >= 11 is 1.33. The number of hydrogen-bond donors (Lipinski definition) is 2. The van der Waals surface area contributed by atoms with E-state index in [4.69, 9.17) is 0 Å². The molecule has 2 aromatic carbocycles. The number of thiazole rings is 1. The second kappa shape index (κ2) is 8.03. The molecule has 0 bridgehead atoms. The molecule has 4 rings (SSSR count). The van der Waals surface area contributed by atoms with Gasteiger partial charge in [0.15, 0.2) is 5.13 Å². The average Bonchev–Trinajstić information content (AvgIpc) is 3.24. The molecular weight excluding hydrogens is 390 g/mol. The monoisotopic (exact) mass is 405 g/mol. The SMILES string of the molecule is O=C(Cn1cnc2ccccc2c1=O)Nc1ccc(C(=O)Nc2nccs2)cc1. The Morgan fingerprint density at radius 2 is 1.79 bits per heavy atom. The molecule has 0 spiro atoms. The van der Waals surface area contributed by atoms with Crippen LogP contribution in [0, 0.1) is 0 Å². The number of nitrogens with one attached hydrogen (secondary N) is 2. The lowest BCUT2D eigenvalue weighted by Crippen LogP contribution is -2.27. The van der Waals surface area contributed by atoms with Gasteiger partial charge >= 0.3 is 0 Å². The number of amides is 2. The number of aromatic nitrogens is 3. The molecule has 144 valence electrons. The number of benzene rings is 2. The maximum Gasteiger partial charge on any atom is 0.261 e. The fourth-order valence-corrected chi connectivity index (χ4v) is 3.26. The Morgan fingerprint density at radius 3 is 2.55 bits per heavy atom. The van der Waals surface area contributed by atoms with Gasteiger partial charge in [-0.2, -0.15) is 0 Å². The molecule has 2 amide bonds. The molecule has 0 aliphatic heterocycles. The van der Waals surface area contributed by atoms with E-state index in [-0.39, 0.29) is 23.9 Å². The Hall–Kier alpha value is -3.85. The first-order valence-electron chi connectivity index (χ1n) is 8.65. The van der Waals surface area contributed by atoms with Crippen molar-refractivity contribution >= 4 is 44.9 Å². The largest absolute Gasteiger partial charge is 0.325 e. The van der Waals surface area contributed by atoms with Gasteiger partial charge in [0.05, 0.1) is 17.2 Å². The predicted octanol–water partition coefficient (Wildman–Crippen LogP) is 2.74. The number of carbonyl (C=O) groups excluding carboxylic acids is 2. The molecule has 0 aliphatic rings.